The largest absolute Gasteiger partial charge is 0.478 e. The number of carboxylic acids is 1. The van der Waals surface area contributed by atoms with Crippen LogP contribution in [0, 0.1) is 0 Å². The monoisotopic (exact) mass is 345 g/mol. The topological polar surface area (TPSA) is 57.6 Å². The summed E-state index contributed by atoms with van der Waals surface area (Å²) in [5.74, 6) is -0.971. The molecule has 0 radical (unpaired) electrons. The van der Waals surface area contributed by atoms with Crippen molar-refractivity contribution in [2.75, 3.05) is 7.05 Å². The van der Waals surface area contributed by atoms with E-state index in [4.69, 9.17) is 16.7 Å². The van der Waals surface area contributed by atoms with E-state index < -0.39 is 5.97 Å². The second-order valence-electron chi connectivity index (χ2n) is 5.86. The van der Waals surface area contributed by atoms with Crippen LogP contribution in [-0.2, 0) is 17.6 Å². The molecule has 0 aliphatic heterocycles. The molecule has 0 bridgehead atoms. The van der Waals surface area contributed by atoms with Gasteiger partial charge in [-0.25, -0.2) is 4.79 Å². The number of halogens is 1. The van der Waals surface area contributed by atoms with Crippen LogP contribution >= 0.6 is 11.6 Å². The number of nitrogens with zero attached hydrogens (tertiary/aromatic N) is 1. The Labute approximate surface area is 146 Å². The van der Waals surface area contributed by atoms with Gasteiger partial charge in [-0.1, -0.05) is 35.9 Å². The fourth-order valence-corrected chi connectivity index (χ4v) is 2.53. The van der Waals surface area contributed by atoms with Crippen molar-refractivity contribution in [2.45, 2.75) is 25.8 Å². The average Bonchev–Trinajstić information content (AvgIpc) is 2.56. The minimum absolute atomic E-state index is 0.000427. The van der Waals surface area contributed by atoms with Crippen molar-refractivity contribution in [3.8, 4) is 0 Å². The number of benzene rings is 2. The second kappa shape index (κ2) is 7.97. The number of aromatic carboxylic acids is 1. The molecule has 1 atom stereocenters. The van der Waals surface area contributed by atoms with Crippen molar-refractivity contribution in [1.82, 2.24) is 4.90 Å². The molecule has 5 heteroatoms. The van der Waals surface area contributed by atoms with Crippen molar-refractivity contribution in [3.63, 3.8) is 0 Å². The van der Waals surface area contributed by atoms with E-state index in [1.807, 2.05) is 31.2 Å². The van der Waals surface area contributed by atoms with E-state index in [2.05, 4.69) is 0 Å². The third-order valence-electron chi connectivity index (χ3n) is 4.06. The molecule has 0 heterocycles. The van der Waals surface area contributed by atoms with Crippen molar-refractivity contribution in [1.29, 1.82) is 0 Å². The van der Waals surface area contributed by atoms with E-state index in [1.165, 1.54) is 12.1 Å². The molecule has 0 aliphatic rings. The van der Waals surface area contributed by atoms with E-state index in [1.54, 1.807) is 24.1 Å². The number of hydrogen-bond acceptors (Lipinski definition) is 2. The van der Waals surface area contributed by atoms with Gasteiger partial charge in [0.15, 0.2) is 0 Å². The van der Waals surface area contributed by atoms with Gasteiger partial charge in [-0.3, -0.25) is 4.79 Å². The molecule has 1 amide bonds. The summed E-state index contributed by atoms with van der Waals surface area (Å²) in [6.45, 7) is 2.00. The van der Waals surface area contributed by atoms with Gasteiger partial charge in [-0.05, 0) is 48.7 Å². The number of carbonyl (C=O) groups excluding carboxylic acids is 1. The molecule has 0 fully saturated rings. The van der Waals surface area contributed by atoms with Gasteiger partial charge in [0, 0.05) is 18.1 Å². The molecule has 24 heavy (non-hydrogen) atoms. The Morgan fingerprint density at radius 2 is 1.58 bits per heavy atom. The zero-order valence-electron chi connectivity index (χ0n) is 13.7. The Hall–Kier alpha value is -2.33. The maximum absolute atomic E-state index is 12.4. The molecule has 1 unspecified atom stereocenters. The van der Waals surface area contributed by atoms with Crippen LogP contribution < -0.4 is 0 Å². The predicted molar refractivity (Wildman–Crippen MR) is 94.5 cm³/mol. The smallest absolute Gasteiger partial charge is 0.335 e. The Bertz CT molecular complexity index is 710. The van der Waals surface area contributed by atoms with Gasteiger partial charge in [0.2, 0.25) is 5.91 Å². The highest BCUT2D eigenvalue weighted by atomic mass is 35.5. The first kappa shape index (κ1) is 18.0. The van der Waals surface area contributed by atoms with Gasteiger partial charge in [0.1, 0.15) is 0 Å². The van der Waals surface area contributed by atoms with E-state index in [0.29, 0.717) is 5.02 Å². The minimum Gasteiger partial charge on any atom is -0.478 e. The van der Waals surface area contributed by atoms with Crippen LogP contribution in [-0.4, -0.2) is 35.0 Å². The number of likely N-dealkylation sites (N-methyl/N-ethyl adjacent to an activating group) is 1. The van der Waals surface area contributed by atoms with Crippen molar-refractivity contribution < 1.29 is 14.7 Å². The number of carbonyl (C=O) groups is 2. The molecule has 4 nitrogen and oxygen atoms in total. The summed E-state index contributed by atoms with van der Waals surface area (Å²) >= 11 is 5.88. The Morgan fingerprint density at radius 3 is 2.12 bits per heavy atom. The van der Waals surface area contributed by atoms with E-state index >= 15 is 0 Å². The van der Waals surface area contributed by atoms with Crippen molar-refractivity contribution >= 4 is 23.5 Å². The number of carboxylic acid groups (broad SMARTS) is 1. The SMILES string of the molecule is CC(Cc1ccc(Cl)cc1)N(C)C(=O)Cc1ccc(C(=O)O)cc1. The van der Waals surface area contributed by atoms with Crippen LogP contribution in [0.1, 0.15) is 28.4 Å². The summed E-state index contributed by atoms with van der Waals surface area (Å²) in [4.78, 5) is 25.0. The first-order chi connectivity index (χ1) is 11.4. The Morgan fingerprint density at radius 1 is 1.04 bits per heavy atom. The van der Waals surface area contributed by atoms with Gasteiger partial charge < -0.3 is 10.0 Å². The molecule has 0 spiro atoms. The van der Waals surface area contributed by atoms with Gasteiger partial charge in [0.25, 0.3) is 0 Å². The highest BCUT2D eigenvalue weighted by molar-refractivity contribution is 6.30. The summed E-state index contributed by atoms with van der Waals surface area (Å²) in [6, 6.07) is 14.0. The normalized spacial score (nSPS) is 11.8. The molecule has 0 saturated heterocycles. The van der Waals surface area contributed by atoms with E-state index in [9.17, 15) is 9.59 Å². The second-order valence-corrected chi connectivity index (χ2v) is 6.30. The molecular weight excluding hydrogens is 326 g/mol. The summed E-state index contributed by atoms with van der Waals surface area (Å²) in [5.41, 5.74) is 2.14. The van der Waals surface area contributed by atoms with Crippen LogP contribution in [0.5, 0.6) is 0 Å². The molecule has 0 saturated carbocycles. The van der Waals surface area contributed by atoms with Crippen LogP contribution in [0.15, 0.2) is 48.5 Å². The van der Waals surface area contributed by atoms with Crippen molar-refractivity contribution in [2.24, 2.45) is 0 Å². The first-order valence-electron chi connectivity index (χ1n) is 7.69. The van der Waals surface area contributed by atoms with E-state index in [-0.39, 0.29) is 23.9 Å². The lowest BCUT2D eigenvalue weighted by Crippen LogP contribution is -2.37. The number of hydrogen-bond donors (Lipinski definition) is 1. The van der Waals surface area contributed by atoms with Crippen LogP contribution in [0.2, 0.25) is 5.02 Å². The highest BCUT2D eigenvalue weighted by Gasteiger charge is 2.16. The molecule has 126 valence electrons. The van der Waals surface area contributed by atoms with Crippen LogP contribution in [0.25, 0.3) is 0 Å². The lowest BCUT2D eigenvalue weighted by Gasteiger charge is -2.25. The summed E-state index contributed by atoms with van der Waals surface area (Å²) < 4.78 is 0. The van der Waals surface area contributed by atoms with Crippen molar-refractivity contribution in [3.05, 3.63) is 70.2 Å². The predicted octanol–water partition coefficient (Wildman–Crippen LogP) is 3.67. The summed E-state index contributed by atoms with van der Waals surface area (Å²) in [6.07, 6.45) is 0.999. The zero-order chi connectivity index (χ0) is 17.7. The molecule has 0 aliphatic carbocycles. The number of rotatable bonds is 6. The average molecular weight is 346 g/mol. The Balaban J connectivity index is 1.95. The molecule has 2 aromatic rings. The molecule has 1 N–H and O–H groups in total. The van der Waals surface area contributed by atoms with Gasteiger partial charge in [-0.2, -0.15) is 0 Å². The van der Waals surface area contributed by atoms with Gasteiger partial charge >= 0.3 is 5.97 Å². The lowest BCUT2D eigenvalue weighted by molar-refractivity contribution is -0.130. The molecular formula is C19H20ClNO3. The third-order valence-corrected chi connectivity index (χ3v) is 4.31. The lowest BCUT2D eigenvalue weighted by atomic mass is 10.0. The Kier molecular flexibility index (Phi) is 5.99. The van der Waals surface area contributed by atoms with Crippen LogP contribution in [0.3, 0.4) is 0 Å². The summed E-state index contributed by atoms with van der Waals surface area (Å²) in [5, 5.41) is 9.59. The molecule has 2 rings (SSSR count). The molecule has 0 aromatic heterocycles. The minimum atomic E-state index is -0.971. The maximum atomic E-state index is 12.4. The summed E-state index contributed by atoms with van der Waals surface area (Å²) in [7, 11) is 1.79. The van der Waals surface area contributed by atoms with Crippen LogP contribution in [0.4, 0.5) is 0 Å². The quantitative estimate of drug-likeness (QED) is 0.869. The highest BCUT2D eigenvalue weighted by Crippen LogP contribution is 2.14. The number of amides is 1. The fraction of sp³-hybridized carbons (Fsp3) is 0.263. The first-order valence-corrected chi connectivity index (χ1v) is 8.07. The van der Waals surface area contributed by atoms with Gasteiger partial charge in [-0.15, -0.1) is 0 Å². The van der Waals surface area contributed by atoms with E-state index in [0.717, 1.165) is 17.5 Å². The van der Waals surface area contributed by atoms with Gasteiger partial charge in [0.05, 0.1) is 12.0 Å². The standard InChI is InChI=1S/C19H20ClNO3/c1-13(11-14-5-9-17(20)10-6-14)21(2)18(22)12-15-3-7-16(8-4-15)19(23)24/h3-10,13H,11-12H2,1-2H3,(H,23,24). The maximum Gasteiger partial charge on any atom is 0.335 e. The third kappa shape index (κ3) is 4.83. The fourth-order valence-electron chi connectivity index (χ4n) is 2.41. The molecule has 2 aromatic carbocycles. The zero-order valence-corrected chi connectivity index (χ0v) is 14.5.